The van der Waals surface area contributed by atoms with Gasteiger partial charge in [-0.15, -0.1) is 11.8 Å². The van der Waals surface area contributed by atoms with Crippen molar-refractivity contribution in [2.75, 3.05) is 18.8 Å². The lowest BCUT2D eigenvalue weighted by Crippen LogP contribution is -2.39. The minimum absolute atomic E-state index is 0.229. The second-order valence-corrected chi connectivity index (χ2v) is 8.07. The van der Waals surface area contributed by atoms with E-state index in [1.165, 1.54) is 5.56 Å². The van der Waals surface area contributed by atoms with Gasteiger partial charge in [0.05, 0.1) is 5.75 Å². The number of carbonyl (C=O) groups is 1. The van der Waals surface area contributed by atoms with Crippen molar-refractivity contribution in [2.24, 2.45) is 0 Å². The van der Waals surface area contributed by atoms with Gasteiger partial charge in [0.2, 0.25) is 5.91 Å². The van der Waals surface area contributed by atoms with Crippen LogP contribution in [0.3, 0.4) is 0 Å². The summed E-state index contributed by atoms with van der Waals surface area (Å²) in [6.45, 7) is 2.42. The molecule has 5 nitrogen and oxygen atoms in total. The van der Waals surface area contributed by atoms with E-state index in [2.05, 4.69) is 14.5 Å². The molecule has 3 aromatic rings. The number of rotatable bonds is 6. The van der Waals surface area contributed by atoms with E-state index in [-0.39, 0.29) is 5.91 Å². The highest BCUT2D eigenvalue weighted by Crippen LogP contribution is 2.28. The lowest BCUT2D eigenvalue weighted by atomic mass is 9.96. The van der Waals surface area contributed by atoms with E-state index in [1.54, 1.807) is 11.8 Å². The van der Waals surface area contributed by atoms with Gasteiger partial charge in [-0.1, -0.05) is 18.2 Å². The average molecular weight is 393 g/mol. The number of benzene rings is 1. The minimum Gasteiger partial charge on any atom is -0.342 e. The van der Waals surface area contributed by atoms with Crippen LogP contribution in [0.4, 0.5) is 0 Å². The molecule has 0 aliphatic carbocycles. The van der Waals surface area contributed by atoms with Gasteiger partial charge in [0.25, 0.3) is 0 Å². The minimum atomic E-state index is 0.229. The number of hydrogen-bond donors (Lipinski definition) is 0. The first-order valence-electron chi connectivity index (χ1n) is 9.65. The second kappa shape index (κ2) is 9.06. The molecule has 1 saturated heterocycles. The van der Waals surface area contributed by atoms with Gasteiger partial charge >= 0.3 is 0 Å². The predicted molar refractivity (Wildman–Crippen MR) is 111 cm³/mol. The van der Waals surface area contributed by atoms with Crippen molar-refractivity contribution in [3.05, 3.63) is 78.6 Å². The quantitative estimate of drug-likeness (QED) is 0.599. The molecule has 1 aromatic carbocycles. The van der Waals surface area contributed by atoms with Crippen molar-refractivity contribution in [1.82, 2.24) is 19.4 Å². The third-order valence-electron chi connectivity index (χ3n) is 5.17. The van der Waals surface area contributed by atoms with E-state index in [0.29, 0.717) is 11.7 Å². The summed E-state index contributed by atoms with van der Waals surface area (Å²) in [6, 6.07) is 14.2. The number of pyridine rings is 1. The lowest BCUT2D eigenvalue weighted by molar-refractivity contribution is -0.129. The van der Waals surface area contributed by atoms with Gasteiger partial charge < -0.3 is 9.47 Å². The molecule has 1 amide bonds. The molecule has 4 rings (SSSR count). The van der Waals surface area contributed by atoms with Crippen molar-refractivity contribution >= 4 is 17.7 Å². The molecule has 0 bridgehead atoms. The van der Waals surface area contributed by atoms with Crippen LogP contribution in [0, 0.1) is 0 Å². The fraction of sp³-hybridized carbons (Fsp3) is 0.318. The molecule has 1 fully saturated rings. The smallest absolute Gasteiger partial charge is 0.232 e. The molecule has 1 aliphatic heterocycles. The molecule has 3 heterocycles. The van der Waals surface area contributed by atoms with E-state index >= 15 is 0 Å². The van der Waals surface area contributed by atoms with Crippen LogP contribution in [0.25, 0.3) is 0 Å². The Balaban J connectivity index is 1.31. The summed E-state index contributed by atoms with van der Waals surface area (Å²) in [5.41, 5.74) is 1.22. The van der Waals surface area contributed by atoms with Gasteiger partial charge in [-0.2, -0.15) is 0 Å². The molecule has 2 aromatic heterocycles. The molecule has 144 valence electrons. The molecule has 0 saturated carbocycles. The lowest BCUT2D eigenvalue weighted by Gasteiger charge is -2.32. The Kier molecular flexibility index (Phi) is 6.07. The first-order valence-corrected chi connectivity index (χ1v) is 10.6. The molecule has 0 atom stereocenters. The van der Waals surface area contributed by atoms with Crippen molar-refractivity contribution in [1.29, 1.82) is 0 Å². The maximum Gasteiger partial charge on any atom is 0.232 e. The molecule has 6 heteroatoms. The normalized spacial score (nSPS) is 14.9. The summed E-state index contributed by atoms with van der Waals surface area (Å²) in [6.07, 6.45) is 9.51. The largest absolute Gasteiger partial charge is 0.342 e. The Bertz CT molecular complexity index is 889. The van der Waals surface area contributed by atoms with Crippen molar-refractivity contribution < 1.29 is 4.79 Å². The summed E-state index contributed by atoms with van der Waals surface area (Å²) in [4.78, 5) is 24.4. The zero-order valence-electron chi connectivity index (χ0n) is 15.8. The van der Waals surface area contributed by atoms with E-state index in [9.17, 15) is 4.79 Å². The van der Waals surface area contributed by atoms with Crippen LogP contribution in [0.5, 0.6) is 0 Å². The molecule has 0 radical (unpaired) electrons. The Hall–Kier alpha value is -2.60. The van der Waals surface area contributed by atoms with Crippen LogP contribution in [-0.2, 0) is 11.3 Å². The summed E-state index contributed by atoms with van der Waals surface area (Å²) in [5.74, 6) is 2.27. The topological polar surface area (TPSA) is 51.0 Å². The number of nitrogens with zero attached hydrogens (tertiary/aromatic N) is 4. The Labute approximate surface area is 169 Å². The number of piperidine rings is 1. The van der Waals surface area contributed by atoms with Crippen LogP contribution < -0.4 is 0 Å². The number of imidazole rings is 1. The van der Waals surface area contributed by atoms with E-state index < -0.39 is 0 Å². The van der Waals surface area contributed by atoms with Crippen LogP contribution in [-0.4, -0.2) is 44.2 Å². The summed E-state index contributed by atoms with van der Waals surface area (Å²) in [5, 5.41) is 0. The van der Waals surface area contributed by atoms with Gasteiger partial charge in [0, 0.05) is 55.2 Å². The SMILES string of the molecule is O=C(CSc1ccccc1)N1CCC(c2nccn2Cc2ccncc2)CC1. The summed E-state index contributed by atoms with van der Waals surface area (Å²) >= 11 is 1.61. The van der Waals surface area contributed by atoms with Gasteiger partial charge in [-0.3, -0.25) is 9.78 Å². The van der Waals surface area contributed by atoms with Crippen LogP contribution in [0.15, 0.2) is 72.1 Å². The highest BCUT2D eigenvalue weighted by Gasteiger charge is 2.26. The third-order valence-corrected chi connectivity index (χ3v) is 6.17. The zero-order valence-corrected chi connectivity index (χ0v) is 16.6. The monoisotopic (exact) mass is 392 g/mol. The number of thioether (sulfide) groups is 1. The second-order valence-electron chi connectivity index (χ2n) is 7.03. The summed E-state index contributed by atoms with van der Waals surface area (Å²) < 4.78 is 2.22. The van der Waals surface area contributed by atoms with Crippen molar-refractivity contribution in [3.8, 4) is 0 Å². The highest BCUT2D eigenvalue weighted by atomic mass is 32.2. The van der Waals surface area contributed by atoms with Gasteiger partial charge in [-0.05, 0) is 42.7 Å². The molecule has 1 aliphatic rings. The Morgan fingerprint density at radius 1 is 1.04 bits per heavy atom. The van der Waals surface area contributed by atoms with Crippen LogP contribution >= 0.6 is 11.8 Å². The maximum absolute atomic E-state index is 12.6. The van der Waals surface area contributed by atoms with E-state index in [1.807, 2.05) is 72.2 Å². The van der Waals surface area contributed by atoms with Gasteiger partial charge in [-0.25, -0.2) is 4.98 Å². The predicted octanol–water partition coefficient (Wildman–Crippen LogP) is 3.82. The molecule has 0 spiro atoms. The van der Waals surface area contributed by atoms with Crippen LogP contribution in [0.1, 0.15) is 30.1 Å². The average Bonchev–Trinajstić information content (AvgIpc) is 3.21. The van der Waals surface area contributed by atoms with E-state index in [0.717, 1.165) is 43.2 Å². The Morgan fingerprint density at radius 3 is 2.54 bits per heavy atom. The van der Waals surface area contributed by atoms with Gasteiger partial charge in [0.15, 0.2) is 0 Å². The fourth-order valence-corrected chi connectivity index (χ4v) is 4.46. The standard InChI is InChI=1S/C22H24N4OS/c27-21(17-28-20-4-2-1-3-5-20)25-13-8-19(9-14-25)22-24-12-15-26(22)16-18-6-10-23-11-7-18/h1-7,10-12,15,19H,8-9,13-14,16-17H2. The number of aromatic nitrogens is 3. The van der Waals surface area contributed by atoms with Crippen molar-refractivity contribution in [3.63, 3.8) is 0 Å². The summed E-state index contributed by atoms with van der Waals surface area (Å²) in [7, 11) is 0. The number of hydrogen-bond acceptors (Lipinski definition) is 4. The molecule has 0 unspecified atom stereocenters. The molecule has 0 N–H and O–H groups in total. The number of likely N-dealkylation sites (tertiary alicyclic amines) is 1. The number of amides is 1. The maximum atomic E-state index is 12.6. The number of carbonyl (C=O) groups excluding carboxylic acids is 1. The molecular weight excluding hydrogens is 368 g/mol. The third kappa shape index (κ3) is 4.62. The van der Waals surface area contributed by atoms with Crippen LogP contribution in [0.2, 0.25) is 0 Å². The Morgan fingerprint density at radius 2 is 1.79 bits per heavy atom. The van der Waals surface area contributed by atoms with E-state index in [4.69, 9.17) is 0 Å². The zero-order chi connectivity index (χ0) is 19.2. The first-order chi connectivity index (χ1) is 13.8. The molecular formula is C22H24N4OS. The highest BCUT2D eigenvalue weighted by molar-refractivity contribution is 8.00. The molecule has 28 heavy (non-hydrogen) atoms. The first kappa shape index (κ1) is 18.7. The van der Waals surface area contributed by atoms with Gasteiger partial charge in [0.1, 0.15) is 5.82 Å². The fourth-order valence-electron chi connectivity index (χ4n) is 3.64. The van der Waals surface area contributed by atoms with Crippen molar-refractivity contribution in [2.45, 2.75) is 30.2 Å².